The molecule has 4 heteroatoms. The summed E-state index contributed by atoms with van der Waals surface area (Å²) in [7, 11) is 0. The third-order valence-corrected chi connectivity index (χ3v) is 4.63. The number of nitrogens with two attached hydrogens (primary N) is 1. The lowest BCUT2D eigenvalue weighted by molar-refractivity contribution is 0.500. The van der Waals surface area contributed by atoms with Crippen LogP contribution in [0.15, 0.2) is 36.5 Å². The van der Waals surface area contributed by atoms with Crippen molar-refractivity contribution in [2.75, 3.05) is 18.0 Å². The summed E-state index contributed by atoms with van der Waals surface area (Å²) in [6, 6.07) is 10.8. The van der Waals surface area contributed by atoms with Gasteiger partial charge in [0.15, 0.2) is 0 Å². The maximum Gasteiger partial charge on any atom is 0.0792 e. The molecule has 110 valence electrons. The predicted octanol–water partition coefficient (Wildman–Crippen LogP) is 2.68. The van der Waals surface area contributed by atoms with Crippen molar-refractivity contribution in [1.29, 1.82) is 0 Å². The molecule has 2 aromatic rings. The fourth-order valence-electron chi connectivity index (χ4n) is 3.25. The van der Waals surface area contributed by atoms with Crippen LogP contribution in [0.4, 0.5) is 5.69 Å². The maximum atomic E-state index is 6.03. The van der Waals surface area contributed by atoms with Crippen LogP contribution in [0.2, 0.25) is 0 Å². The number of anilines is 1. The average molecular weight is 282 g/mol. The van der Waals surface area contributed by atoms with Crippen molar-refractivity contribution in [1.82, 2.24) is 9.78 Å². The number of aromatic nitrogens is 2. The summed E-state index contributed by atoms with van der Waals surface area (Å²) in [6.45, 7) is 2.11. The Morgan fingerprint density at radius 2 is 1.71 bits per heavy atom. The van der Waals surface area contributed by atoms with E-state index in [1.54, 1.807) is 0 Å². The van der Waals surface area contributed by atoms with Gasteiger partial charge in [-0.25, -0.2) is 4.68 Å². The fraction of sp³-hybridized carbons (Fsp3) is 0.471. The SMILES string of the molecule is NC1CCN(c2cnn(-c3ccccc3)c2C2CC2)CC1. The van der Waals surface area contributed by atoms with E-state index in [-0.39, 0.29) is 0 Å². The maximum absolute atomic E-state index is 6.03. The summed E-state index contributed by atoms with van der Waals surface area (Å²) < 4.78 is 2.14. The average Bonchev–Trinajstić information content (AvgIpc) is 3.28. The van der Waals surface area contributed by atoms with Crippen LogP contribution in [0.1, 0.15) is 37.3 Å². The van der Waals surface area contributed by atoms with Crippen LogP contribution in [-0.2, 0) is 0 Å². The van der Waals surface area contributed by atoms with Crippen LogP contribution in [0.3, 0.4) is 0 Å². The van der Waals surface area contributed by atoms with Crippen molar-refractivity contribution in [3.05, 3.63) is 42.2 Å². The third kappa shape index (κ3) is 2.44. The summed E-state index contributed by atoms with van der Waals surface area (Å²) in [6.07, 6.45) is 6.80. The van der Waals surface area contributed by atoms with Crippen molar-refractivity contribution >= 4 is 5.69 Å². The molecular weight excluding hydrogens is 260 g/mol. The highest BCUT2D eigenvalue weighted by Crippen LogP contribution is 2.45. The van der Waals surface area contributed by atoms with Gasteiger partial charge in [0.05, 0.1) is 23.3 Å². The van der Waals surface area contributed by atoms with Crippen LogP contribution in [0.25, 0.3) is 5.69 Å². The van der Waals surface area contributed by atoms with E-state index in [4.69, 9.17) is 5.73 Å². The number of piperidine rings is 1. The molecule has 0 amide bonds. The zero-order chi connectivity index (χ0) is 14.2. The zero-order valence-electron chi connectivity index (χ0n) is 12.3. The molecule has 4 nitrogen and oxygen atoms in total. The van der Waals surface area contributed by atoms with E-state index < -0.39 is 0 Å². The minimum absolute atomic E-state index is 0.370. The Balaban J connectivity index is 1.70. The van der Waals surface area contributed by atoms with E-state index in [0.717, 1.165) is 25.9 Å². The molecule has 1 aliphatic heterocycles. The predicted molar refractivity (Wildman–Crippen MR) is 85.0 cm³/mol. The summed E-state index contributed by atoms with van der Waals surface area (Å²) in [4.78, 5) is 2.48. The first-order valence-electron chi connectivity index (χ1n) is 7.97. The van der Waals surface area contributed by atoms with E-state index in [1.807, 2.05) is 0 Å². The minimum atomic E-state index is 0.370. The highest BCUT2D eigenvalue weighted by molar-refractivity contribution is 5.55. The van der Waals surface area contributed by atoms with E-state index in [1.165, 1.54) is 29.9 Å². The van der Waals surface area contributed by atoms with Gasteiger partial charge in [-0.05, 0) is 37.8 Å². The molecule has 0 bridgehead atoms. The van der Waals surface area contributed by atoms with Gasteiger partial charge in [0.25, 0.3) is 0 Å². The van der Waals surface area contributed by atoms with E-state index >= 15 is 0 Å². The second-order valence-electron chi connectivity index (χ2n) is 6.26. The first-order valence-corrected chi connectivity index (χ1v) is 7.97. The Morgan fingerprint density at radius 1 is 1.00 bits per heavy atom. The topological polar surface area (TPSA) is 47.1 Å². The molecule has 1 aromatic carbocycles. The van der Waals surface area contributed by atoms with Crippen LogP contribution in [0.5, 0.6) is 0 Å². The smallest absolute Gasteiger partial charge is 0.0792 e. The van der Waals surface area contributed by atoms with Crippen molar-refractivity contribution in [3.8, 4) is 5.69 Å². The van der Waals surface area contributed by atoms with Gasteiger partial charge in [-0.1, -0.05) is 18.2 Å². The molecule has 1 aliphatic carbocycles. The first-order chi connectivity index (χ1) is 10.3. The van der Waals surface area contributed by atoms with Crippen molar-refractivity contribution in [2.24, 2.45) is 5.73 Å². The fourth-order valence-corrected chi connectivity index (χ4v) is 3.25. The zero-order valence-corrected chi connectivity index (χ0v) is 12.3. The largest absolute Gasteiger partial charge is 0.369 e. The monoisotopic (exact) mass is 282 g/mol. The van der Waals surface area contributed by atoms with Gasteiger partial charge in [-0.2, -0.15) is 5.10 Å². The number of hydrogen-bond donors (Lipinski definition) is 1. The summed E-state index contributed by atoms with van der Waals surface area (Å²) in [5, 5.41) is 4.69. The molecule has 0 radical (unpaired) electrons. The summed E-state index contributed by atoms with van der Waals surface area (Å²) in [5.41, 5.74) is 9.93. The highest BCUT2D eigenvalue weighted by atomic mass is 15.3. The van der Waals surface area contributed by atoms with Gasteiger partial charge >= 0.3 is 0 Å². The third-order valence-electron chi connectivity index (χ3n) is 4.63. The van der Waals surface area contributed by atoms with Crippen LogP contribution < -0.4 is 10.6 Å². The molecule has 0 atom stereocenters. The van der Waals surface area contributed by atoms with Gasteiger partial charge in [0, 0.05) is 25.0 Å². The van der Waals surface area contributed by atoms with Gasteiger partial charge in [-0.3, -0.25) is 0 Å². The van der Waals surface area contributed by atoms with Gasteiger partial charge in [0.2, 0.25) is 0 Å². The lowest BCUT2D eigenvalue weighted by atomic mass is 10.1. The molecule has 1 aromatic heterocycles. The highest BCUT2D eigenvalue weighted by Gasteiger charge is 2.33. The van der Waals surface area contributed by atoms with E-state index in [2.05, 4.69) is 51.2 Å². The Hall–Kier alpha value is -1.81. The lowest BCUT2D eigenvalue weighted by Crippen LogP contribution is -2.39. The molecule has 2 fully saturated rings. The Labute approximate surface area is 125 Å². The van der Waals surface area contributed by atoms with Crippen molar-refractivity contribution in [2.45, 2.75) is 37.6 Å². The lowest BCUT2D eigenvalue weighted by Gasteiger charge is -2.32. The molecule has 21 heavy (non-hydrogen) atoms. The number of benzene rings is 1. The first kappa shape index (κ1) is 12.9. The van der Waals surface area contributed by atoms with Gasteiger partial charge < -0.3 is 10.6 Å². The normalized spacial score (nSPS) is 20.0. The summed E-state index contributed by atoms with van der Waals surface area (Å²) in [5.74, 6) is 0.679. The Bertz CT molecular complexity index is 607. The number of nitrogens with zero attached hydrogens (tertiary/aromatic N) is 3. The Kier molecular flexibility index (Phi) is 3.19. The Morgan fingerprint density at radius 3 is 2.38 bits per heavy atom. The van der Waals surface area contributed by atoms with Crippen LogP contribution in [0, 0.1) is 0 Å². The second kappa shape index (κ2) is 5.19. The molecule has 1 saturated heterocycles. The quantitative estimate of drug-likeness (QED) is 0.941. The molecule has 0 spiro atoms. The second-order valence-corrected chi connectivity index (χ2v) is 6.26. The van der Waals surface area contributed by atoms with Crippen molar-refractivity contribution < 1.29 is 0 Å². The number of rotatable bonds is 3. The number of hydrogen-bond acceptors (Lipinski definition) is 3. The van der Waals surface area contributed by atoms with Gasteiger partial charge in [-0.15, -0.1) is 0 Å². The number of para-hydroxylation sites is 1. The van der Waals surface area contributed by atoms with Crippen LogP contribution >= 0.6 is 0 Å². The van der Waals surface area contributed by atoms with Gasteiger partial charge in [0.1, 0.15) is 0 Å². The van der Waals surface area contributed by atoms with Crippen molar-refractivity contribution in [3.63, 3.8) is 0 Å². The summed E-state index contributed by atoms with van der Waals surface area (Å²) >= 11 is 0. The molecule has 2 heterocycles. The molecule has 0 unspecified atom stereocenters. The van der Waals surface area contributed by atoms with E-state index in [0.29, 0.717) is 12.0 Å². The molecule has 1 saturated carbocycles. The minimum Gasteiger partial charge on any atom is -0.369 e. The van der Waals surface area contributed by atoms with Crippen LogP contribution in [-0.4, -0.2) is 28.9 Å². The van der Waals surface area contributed by atoms with E-state index in [9.17, 15) is 0 Å². The standard InChI is InChI=1S/C17H22N4/c18-14-8-10-20(11-9-14)16-12-19-21(17(16)13-6-7-13)15-4-2-1-3-5-15/h1-5,12-14H,6-11,18H2. The molecule has 2 N–H and O–H groups in total. The molecule has 4 rings (SSSR count). The molecular formula is C17H22N4. The molecule has 2 aliphatic rings.